The van der Waals surface area contributed by atoms with Crippen molar-refractivity contribution in [1.29, 1.82) is 0 Å². The van der Waals surface area contributed by atoms with Crippen LogP contribution in [-0.2, 0) is 0 Å². The van der Waals surface area contributed by atoms with Gasteiger partial charge in [-0.25, -0.2) is 4.98 Å². The van der Waals surface area contributed by atoms with Gasteiger partial charge >= 0.3 is 0 Å². The molecule has 0 aliphatic carbocycles. The van der Waals surface area contributed by atoms with Crippen LogP contribution in [0.5, 0.6) is 0 Å². The Morgan fingerprint density at radius 1 is 1.07 bits per heavy atom. The van der Waals surface area contributed by atoms with Crippen molar-refractivity contribution in [3.05, 3.63) is 54.9 Å². The summed E-state index contributed by atoms with van der Waals surface area (Å²) in [6.07, 6.45) is 5.53. The number of aromatic nitrogens is 3. The van der Waals surface area contributed by atoms with Crippen LogP contribution in [0.2, 0.25) is 0 Å². The van der Waals surface area contributed by atoms with Crippen LogP contribution in [0.15, 0.2) is 59.8 Å². The highest BCUT2D eigenvalue weighted by molar-refractivity contribution is 7.98. The molecule has 0 amide bonds. The minimum Gasteiger partial charge on any atom is -0.394 e. The summed E-state index contributed by atoms with van der Waals surface area (Å²) in [7, 11) is 0. The summed E-state index contributed by atoms with van der Waals surface area (Å²) in [5.41, 5.74) is 2.69. The molecule has 0 fully saturated rings. The van der Waals surface area contributed by atoms with Crippen LogP contribution in [0.3, 0.4) is 0 Å². The Labute approximate surface area is 169 Å². The van der Waals surface area contributed by atoms with Gasteiger partial charge in [-0.15, -0.1) is 11.8 Å². The van der Waals surface area contributed by atoms with E-state index in [0.717, 1.165) is 16.9 Å². The maximum absolute atomic E-state index is 9.66. The highest BCUT2D eigenvalue weighted by Crippen LogP contribution is 2.26. The Hall–Kier alpha value is -2.64. The number of hydrogen-bond acceptors (Lipinski definition) is 7. The molecule has 2 heterocycles. The Bertz CT molecular complexity index is 904. The average molecular weight is 396 g/mol. The zero-order valence-corrected chi connectivity index (χ0v) is 17.1. The highest BCUT2D eigenvalue weighted by Gasteiger charge is 2.15. The first-order valence-electron chi connectivity index (χ1n) is 9.17. The zero-order valence-electron chi connectivity index (χ0n) is 16.3. The molecule has 3 N–H and O–H groups in total. The lowest BCUT2D eigenvalue weighted by Gasteiger charge is -2.20. The Balaban J connectivity index is 1.96. The lowest BCUT2D eigenvalue weighted by atomic mass is 10.1. The van der Waals surface area contributed by atoms with Crippen LogP contribution in [0.4, 0.5) is 17.5 Å². The normalized spacial score (nSPS) is 12.0. The van der Waals surface area contributed by atoms with E-state index in [4.69, 9.17) is 0 Å². The molecule has 146 valence electrons. The van der Waals surface area contributed by atoms with Crippen molar-refractivity contribution in [2.45, 2.75) is 24.8 Å². The van der Waals surface area contributed by atoms with Crippen LogP contribution in [0, 0.1) is 5.92 Å². The van der Waals surface area contributed by atoms with Crippen molar-refractivity contribution < 1.29 is 5.11 Å². The lowest BCUT2D eigenvalue weighted by Crippen LogP contribution is -2.30. The summed E-state index contributed by atoms with van der Waals surface area (Å²) in [5.74, 6) is 1.40. The lowest BCUT2D eigenvalue weighted by molar-refractivity contribution is 0.248. The van der Waals surface area contributed by atoms with Crippen molar-refractivity contribution in [1.82, 2.24) is 15.0 Å². The molecule has 0 saturated heterocycles. The second kappa shape index (κ2) is 9.52. The number of nitrogens with one attached hydrogen (secondary N) is 2. The van der Waals surface area contributed by atoms with Crippen molar-refractivity contribution in [2.24, 2.45) is 5.92 Å². The Morgan fingerprint density at radius 3 is 2.54 bits per heavy atom. The van der Waals surface area contributed by atoms with Crippen molar-refractivity contribution in [2.75, 3.05) is 23.5 Å². The third kappa shape index (κ3) is 5.21. The van der Waals surface area contributed by atoms with Crippen molar-refractivity contribution >= 4 is 29.2 Å². The average Bonchev–Trinajstić information content (AvgIpc) is 2.72. The maximum Gasteiger partial charge on any atom is 0.225 e. The summed E-state index contributed by atoms with van der Waals surface area (Å²) in [4.78, 5) is 14.5. The van der Waals surface area contributed by atoms with E-state index >= 15 is 0 Å². The maximum atomic E-state index is 9.66. The van der Waals surface area contributed by atoms with Crippen molar-refractivity contribution in [3.63, 3.8) is 0 Å². The van der Waals surface area contributed by atoms with Gasteiger partial charge in [-0.05, 0) is 42.5 Å². The molecule has 7 heteroatoms. The van der Waals surface area contributed by atoms with E-state index in [0.29, 0.717) is 11.8 Å². The SMILES string of the molecule is CSc1cccc(Nc2cc(-c3ccncc3)nc(N[C@H](CO)C(C)C)n2)c1. The predicted molar refractivity (Wildman–Crippen MR) is 116 cm³/mol. The van der Waals surface area contributed by atoms with Gasteiger partial charge in [0.05, 0.1) is 18.3 Å². The topological polar surface area (TPSA) is 83.0 Å². The number of hydrogen-bond donors (Lipinski definition) is 3. The first-order chi connectivity index (χ1) is 13.6. The Morgan fingerprint density at radius 2 is 1.86 bits per heavy atom. The largest absolute Gasteiger partial charge is 0.394 e. The third-order valence-corrected chi connectivity index (χ3v) is 5.09. The molecule has 3 rings (SSSR count). The smallest absolute Gasteiger partial charge is 0.225 e. The number of rotatable bonds is 8. The summed E-state index contributed by atoms with van der Waals surface area (Å²) < 4.78 is 0. The molecular weight excluding hydrogens is 370 g/mol. The third-order valence-electron chi connectivity index (χ3n) is 4.36. The molecule has 2 aromatic heterocycles. The number of nitrogens with zero attached hydrogens (tertiary/aromatic N) is 3. The van der Waals surface area contributed by atoms with Gasteiger partial charge in [-0.1, -0.05) is 19.9 Å². The second-order valence-electron chi connectivity index (χ2n) is 6.73. The van der Waals surface area contributed by atoms with Gasteiger partial charge in [-0.2, -0.15) is 4.98 Å². The molecule has 6 nitrogen and oxygen atoms in total. The Kier molecular flexibility index (Phi) is 6.84. The number of pyridine rings is 1. The minimum atomic E-state index is -0.125. The summed E-state index contributed by atoms with van der Waals surface area (Å²) in [6, 6.07) is 13.8. The molecule has 0 aliphatic heterocycles. The number of aliphatic hydroxyl groups is 1. The molecule has 0 bridgehead atoms. The molecule has 0 aliphatic rings. The molecule has 0 spiro atoms. The van der Waals surface area contributed by atoms with E-state index < -0.39 is 0 Å². The van der Waals surface area contributed by atoms with Gasteiger partial charge in [0.1, 0.15) is 5.82 Å². The number of anilines is 3. The number of aliphatic hydroxyl groups excluding tert-OH is 1. The van der Waals surface area contributed by atoms with Crippen LogP contribution in [0.1, 0.15) is 13.8 Å². The van der Waals surface area contributed by atoms with Gasteiger partial charge in [0.25, 0.3) is 0 Å². The summed E-state index contributed by atoms with van der Waals surface area (Å²) in [6.45, 7) is 4.11. The zero-order chi connectivity index (χ0) is 19.9. The van der Waals surface area contributed by atoms with Gasteiger partial charge in [0.15, 0.2) is 0 Å². The van der Waals surface area contributed by atoms with Crippen LogP contribution >= 0.6 is 11.8 Å². The van der Waals surface area contributed by atoms with Gasteiger partial charge < -0.3 is 15.7 Å². The van der Waals surface area contributed by atoms with Crippen LogP contribution < -0.4 is 10.6 Å². The molecule has 3 aromatic rings. The molecule has 1 atom stereocenters. The second-order valence-corrected chi connectivity index (χ2v) is 7.61. The highest BCUT2D eigenvalue weighted by atomic mass is 32.2. The van der Waals surface area contributed by atoms with Gasteiger partial charge in [-0.3, -0.25) is 4.98 Å². The van der Waals surface area contributed by atoms with Crippen LogP contribution in [-0.4, -0.2) is 39.0 Å². The molecule has 0 unspecified atom stereocenters. The molecule has 0 saturated carbocycles. The fourth-order valence-corrected chi connectivity index (χ4v) is 3.14. The summed E-state index contributed by atoms with van der Waals surface area (Å²) in [5, 5.41) is 16.3. The van der Waals surface area contributed by atoms with E-state index in [1.807, 2.05) is 50.4 Å². The fourth-order valence-electron chi connectivity index (χ4n) is 2.68. The molecule has 28 heavy (non-hydrogen) atoms. The monoisotopic (exact) mass is 395 g/mol. The number of thioether (sulfide) groups is 1. The first-order valence-corrected chi connectivity index (χ1v) is 10.4. The van der Waals surface area contributed by atoms with Gasteiger partial charge in [0.2, 0.25) is 5.95 Å². The van der Waals surface area contributed by atoms with Crippen molar-refractivity contribution in [3.8, 4) is 11.3 Å². The number of benzene rings is 1. The van der Waals surface area contributed by atoms with Crippen LogP contribution in [0.25, 0.3) is 11.3 Å². The fraction of sp³-hybridized carbons (Fsp3) is 0.286. The quantitative estimate of drug-likeness (QED) is 0.487. The molecule has 0 radical (unpaired) electrons. The van der Waals surface area contributed by atoms with E-state index in [1.54, 1.807) is 24.2 Å². The van der Waals surface area contributed by atoms with E-state index in [2.05, 4.69) is 37.7 Å². The first kappa shape index (κ1) is 20.1. The van der Waals surface area contributed by atoms with E-state index in [9.17, 15) is 5.11 Å². The standard InChI is InChI=1S/C21H25N5OS/c1-14(2)19(13-27)25-21-24-18(15-7-9-22-10-8-15)12-20(26-21)23-16-5-4-6-17(11-16)28-3/h4-12,14,19,27H,13H2,1-3H3,(H2,23,24,25,26)/t19-/m1/s1. The summed E-state index contributed by atoms with van der Waals surface area (Å²) >= 11 is 1.69. The molecular formula is C21H25N5OS. The van der Waals surface area contributed by atoms with E-state index in [-0.39, 0.29) is 18.6 Å². The van der Waals surface area contributed by atoms with Gasteiger partial charge in [0, 0.05) is 34.6 Å². The molecule has 1 aromatic carbocycles. The van der Waals surface area contributed by atoms with E-state index in [1.165, 1.54) is 4.90 Å². The predicted octanol–water partition coefficient (Wildman–Crippen LogP) is 4.43. The minimum absolute atomic E-state index is 0.0129.